The minimum Gasteiger partial charge on any atom is -0.496 e. The van der Waals surface area contributed by atoms with Crippen LogP contribution >= 0.6 is 0 Å². The highest BCUT2D eigenvalue weighted by atomic mass is 16.5. The number of hydrogen-bond acceptors (Lipinski definition) is 6. The molecule has 3 aromatic rings. The van der Waals surface area contributed by atoms with E-state index in [0.29, 0.717) is 26.1 Å². The van der Waals surface area contributed by atoms with Crippen LogP contribution in [0.1, 0.15) is 41.5 Å². The van der Waals surface area contributed by atoms with Gasteiger partial charge >= 0.3 is 0 Å². The Morgan fingerprint density at radius 1 is 1.25 bits per heavy atom. The number of nitrogens with zero attached hydrogens (tertiary/aromatic N) is 4. The summed E-state index contributed by atoms with van der Waals surface area (Å²) >= 11 is 0. The van der Waals surface area contributed by atoms with Crippen LogP contribution in [0, 0.1) is 0 Å². The first-order valence-electron chi connectivity index (χ1n) is 11.0. The van der Waals surface area contributed by atoms with Gasteiger partial charge in [-0.2, -0.15) is 0 Å². The van der Waals surface area contributed by atoms with Gasteiger partial charge < -0.3 is 14.1 Å². The Bertz CT molecular complexity index is 1020. The molecule has 0 saturated carbocycles. The molecule has 1 fully saturated rings. The van der Waals surface area contributed by atoms with Crippen molar-refractivity contribution in [1.82, 2.24) is 19.8 Å². The van der Waals surface area contributed by atoms with E-state index < -0.39 is 0 Å². The number of likely N-dealkylation sites (N-methyl/N-ethyl adjacent to an activating group) is 1. The Balaban J connectivity index is 1.34. The van der Waals surface area contributed by atoms with Crippen molar-refractivity contribution in [2.24, 2.45) is 0 Å². The van der Waals surface area contributed by atoms with Gasteiger partial charge in [-0.3, -0.25) is 14.7 Å². The summed E-state index contributed by atoms with van der Waals surface area (Å²) in [5, 5.41) is 0. The van der Waals surface area contributed by atoms with Crippen LogP contribution in [-0.4, -0.2) is 59.5 Å². The number of pyridine rings is 1. The van der Waals surface area contributed by atoms with Gasteiger partial charge in [-0.05, 0) is 37.6 Å². The summed E-state index contributed by atoms with van der Waals surface area (Å²) in [5.41, 5.74) is 2.16. The summed E-state index contributed by atoms with van der Waals surface area (Å²) in [7, 11) is 3.64. The average molecular weight is 435 g/mol. The van der Waals surface area contributed by atoms with Gasteiger partial charge in [0.25, 0.3) is 0 Å². The third kappa shape index (κ3) is 5.53. The normalized spacial score (nSPS) is 16.3. The van der Waals surface area contributed by atoms with Gasteiger partial charge in [0.2, 0.25) is 5.91 Å². The highest BCUT2D eigenvalue weighted by Gasteiger charge is 2.28. The van der Waals surface area contributed by atoms with E-state index in [9.17, 15) is 4.79 Å². The molecule has 1 amide bonds. The number of para-hydroxylation sites is 1. The number of benzene rings is 1. The van der Waals surface area contributed by atoms with Crippen molar-refractivity contribution in [2.45, 2.75) is 31.7 Å². The van der Waals surface area contributed by atoms with Crippen molar-refractivity contribution in [3.8, 4) is 5.75 Å². The van der Waals surface area contributed by atoms with E-state index in [4.69, 9.17) is 9.15 Å². The second-order valence-electron chi connectivity index (χ2n) is 8.37. The molecule has 32 heavy (non-hydrogen) atoms. The van der Waals surface area contributed by atoms with Crippen molar-refractivity contribution in [1.29, 1.82) is 0 Å². The molecule has 0 aliphatic carbocycles. The summed E-state index contributed by atoms with van der Waals surface area (Å²) in [6.45, 7) is 2.51. The maximum Gasteiger partial charge on any atom is 0.236 e. The summed E-state index contributed by atoms with van der Waals surface area (Å²) < 4.78 is 11.5. The zero-order valence-electron chi connectivity index (χ0n) is 18.7. The first-order valence-corrected chi connectivity index (χ1v) is 11.0. The van der Waals surface area contributed by atoms with Crippen molar-refractivity contribution in [3.05, 3.63) is 77.8 Å². The molecule has 1 atom stereocenters. The Labute approximate surface area is 189 Å². The molecule has 1 aliphatic rings. The Morgan fingerprint density at radius 2 is 2.12 bits per heavy atom. The van der Waals surface area contributed by atoms with Crippen LogP contribution in [0.3, 0.4) is 0 Å². The number of oxazole rings is 1. The lowest BCUT2D eigenvalue weighted by Crippen LogP contribution is -2.43. The first kappa shape index (κ1) is 22.0. The summed E-state index contributed by atoms with van der Waals surface area (Å²) in [5.74, 6) is 2.64. The topological polar surface area (TPSA) is 71.7 Å². The smallest absolute Gasteiger partial charge is 0.236 e. The molecule has 0 unspecified atom stereocenters. The van der Waals surface area contributed by atoms with Crippen LogP contribution in [0.15, 0.2) is 59.4 Å². The zero-order chi connectivity index (χ0) is 22.3. The number of rotatable bonds is 8. The molecule has 7 nitrogen and oxygen atoms in total. The molecule has 0 radical (unpaired) electrons. The molecular formula is C25H30N4O3. The Kier molecular flexibility index (Phi) is 7.17. The van der Waals surface area contributed by atoms with Gasteiger partial charge in [-0.1, -0.05) is 24.3 Å². The minimum atomic E-state index is 0.128. The molecule has 0 spiro atoms. The molecule has 0 bridgehead atoms. The van der Waals surface area contributed by atoms with Gasteiger partial charge in [-0.25, -0.2) is 4.98 Å². The first-order chi connectivity index (χ1) is 15.6. The quantitative estimate of drug-likeness (QED) is 0.540. The molecule has 1 aromatic carbocycles. The molecule has 7 heteroatoms. The van der Waals surface area contributed by atoms with Gasteiger partial charge in [-0.15, -0.1) is 0 Å². The van der Waals surface area contributed by atoms with E-state index in [0.717, 1.165) is 47.9 Å². The monoisotopic (exact) mass is 434 g/mol. The minimum absolute atomic E-state index is 0.128. The van der Waals surface area contributed by atoms with E-state index in [1.165, 1.54) is 0 Å². The number of carbonyl (C=O) groups excluding carboxylic acids is 1. The van der Waals surface area contributed by atoms with Crippen LogP contribution in [-0.2, 0) is 17.8 Å². The van der Waals surface area contributed by atoms with Crippen molar-refractivity contribution in [2.75, 3.05) is 33.8 Å². The Hall–Kier alpha value is -3.19. The second kappa shape index (κ2) is 10.4. The maximum absolute atomic E-state index is 12.9. The van der Waals surface area contributed by atoms with Crippen molar-refractivity contribution >= 4 is 5.91 Å². The number of carbonyl (C=O) groups is 1. The fourth-order valence-electron chi connectivity index (χ4n) is 4.23. The highest BCUT2D eigenvalue weighted by Crippen LogP contribution is 2.28. The molecule has 3 heterocycles. The molecular weight excluding hydrogens is 404 g/mol. The summed E-state index contributed by atoms with van der Waals surface area (Å²) in [6, 6.07) is 11.9. The molecule has 168 valence electrons. The number of amides is 1. The molecule has 0 N–H and O–H groups in total. The van der Waals surface area contributed by atoms with Gasteiger partial charge in [0, 0.05) is 44.0 Å². The lowest BCUT2D eigenvalue weighted by Gasteiger charge is -2.32. The van der Waals surface area contributed by atoms with Crippen LogP contribution in [0.2, 0.25) is 0 Å². The number of piperidine rings is 1. The van der Waals surface area contributed by atoms with Crippen molar-refractivity contribution < 1.29 is 13.9 Å². The zero-order valence-corrected chi connectivity index (χ0v) is 18.7. The predicted molar refractivity (Wildman–Crippen MR) is 121 cm³/mol. The van der Waals surface area contributed by atoms with E-state index in [2.05, 4.69) is 9.97 Å². The molecule has 1 saturated heterocycles. The standard InChI is InChI=1S/C25H30N4O3/c1-28(16-19-7-5-11-26-14-19)18-24(30)29-12-6-9-21(17-29)25-27-15-22(32-25)13-20-8-3-4-10-23(20)31-2/h3-5,7-8,10-11,14-15,21H,6,9,12-13,16-18H2,1-2H3/t21-/m0/s1. The molecule has 1 aliphatic heterocycles. The fourth-order valence-corrected chi connectivity index (χ4v) is 4.23. The van der Waals surface area contributed by atoms with Crippen LogP contribution in [0.5, 0.6) is 5.75 Å². The largest absolute Gasteiger partial charge is 0.496 e. The van der Waals surface area contributed by atoms with Crippen LogP contribution in [0.4, 0.5) is 0 Å². The van der Waals surface area contributed by atoms with Gasteiger partial charge in [0.05, 0.1) is 25.8 Å². The maximum atomic E-state index is 12.9. The molecule has 2 aromatic heterocycles. The average Bonchev–Trinajstić information content (AvgIpc) is 3.28. The number of aromatic nitrogens is 2. The second-order valence-corrected chi connectivity index (χ2v) is 8.37. The van der Waals surface area contributed by atoms with Crippen molar-refractivity contribution in [3.63, 3.8) is 0 Å². The van der Waals surface area contributed by atoms with E-state index in [1.807, 2.05) is 59.4 Å². The van der Waals surface area contributed by atoms with E-state index in [-0.39, 0.29) is 11.8 Å². The molecule has 4 rings (SSSR count). The van der Waals surface area contributed by atoms with E-state index >= 15 is 0 Å². The van der Waals surface area contributed by atoms with Gasteiger partial charge in [0.1, 0.15) is 11.5 Å². The summed E-state index contributed by atoms with van der Waals surface area (Å²) in [4.78, 5) is 25.5. The SMILES string of the molecule is COc1ccccc1Cc1cnc([C@H]2CCCN(C(=O)CN(C)Cc3cccnc3)C2)o1. The number of ether oxygens (including phenoxy) is 1. The summed E-state index contributed by atoms with van der Waals surface area (Å²) in [6.07, 6.45) is 7.95. The number of hydrogen-bond donors (Lipinski definition) is 0. The van der Waals surface area contributed by atoms with Crippen LogP contribution < -0.4 is 4.74 Å². The highest BCUT2D eigenvalue weighted by molar-refractivity contribution is 5.78. The number of methoxy groups -OCH3 is 1. The van der Waals surface area contributed by atoms with Crippen LogP contribution in [0.25, 0.3) is 0 Å². The third-order valence-electron chi connectivity index (χ3n) is 5.83. The van der Waals surface area contributed by atoms with E-state index in [1.54, 1.807) is 19.5 Å². The lowest BCUT2D eigenvalue weighted by molar-refractivity contribution is -0.133. The Morgan fingerprint density at radius 3 is 2.94 bits per heavy atom. The predicted octanol–water partition coefficient (Wildman–Crippen LogP) is 3.51. The number of likely N-dealkylation sites (tertiary alicyclic amines) is 1. The van der Waals surface area contributed by atoms with Gasteiger partial charge in [0.15, 0.2) is 5.89 Å². The lowest BCUT2D eigenvalue weighted by atomic mass is 9.98. The fraction of sp³-hybridized carbons (Fsp3) is 0.400. The third-order valence-corrected chi connectivity index (χ3v) is 5.83.